The molecule has 1 atom stereocenters. The summed E-state index contributed by atoms with van der Waals surface area (Å²) in [4.78, 5) is 7.93. The highest BCUT2D eigenvalue weighted by Gasteiger charge is 2.30. The number of ether oxygens (including phenoxy) is 2. The van der Waals surface area contributed by atoms with E-state index in [-0.39, 0.29) is 0 Å². The summed E-state index contributed by atoms with van der Waals surface area (Å²) in [7, 11) is 1.70. The Morgan fingerprint density at radius 3 is 2.66 bits per heavy atom. The van der Waals surface area contributed by atoms with E-state index in [1.54, 1.807) is 7.05 Å². The number of hydrogen-bond acceptors (Lipinski definition) is 5. The van der Waals surface area contributed by atoms with Gasteiger partial charge >= 0.3 is 6.18 Å². The van der Waals surface area contributed by atoms with Crippen LogP contribution >= 0.6 is 0 Å². The molecule has 0 spiro atoms. The maximum atomic E-state index is 12.5. The standard InChI is InChI=1S/C19H30F3N5O2/c1-23-18(26-9-3-10-28-13-15-6-11-29-14-15)25-8-2-7-24-17-5-4-16(12-27-17)19(20,21)22/h4-5,12,15H,2-3,6-11,13-14H2,1H3,(H,24,27)(H2,23,25,26). The second-order valence-corrected chi connectivity index (χ2v) is 6.79. The largest absolute Gasteiger partial charge is 0.417 e. The van der Waals surface area contributed by atoms with Crippen LogP contribution in [0.3, 0.4) is 0 Å². The van der Waals surface area contributed by atoms with E-state index in [1.165, 1.54) is 6.07 Å². The molecule has 0 saturated carbocycles. The number of nitrogens with one attached hydrogen (secondary N) is 3. The van der Waals surface area contributed by atoms with E-state index in [1.807, 2.05) is 0 Å². The van der Waals surface area contributed by atoms with Gasteiger partial charge in [-0.25, -0.2) is 4.98 Å². The summed E-state index contributed by atoms with van der Waals surface area (Å²) in [6, 6.07) is 2.35. The Kier molecular flexibility index (Phi) is 9.99. The fraction of sp³-hybridized carbons (Fsp3) is 0.684. The minimum Gasteiger partial charge on any atom is -0.381 e. The fourth-order valence-electron chi connectivity index (χ4n) is 2.74. The van der Waals surface area contributed by atoms with E-state index in [9.17, 15) is 13.2 Å². The molecule has 0 radical (unpaired) electrons. The maximum absolute atomic E-state index is 12.5. The van der Waals surface area contributed by atoms with Gasteiger partial charge in [-0.15, -0.1) is 0 Å². The van der Waals surface area contributed by atoms with Crippen LogP contribution < -0.4 is 16.0 Å². The molecule has 1 aliphatic heterocycles. The van der Waals surface area contributed by atoms with Gasteiger partial charge in [0.15, 0.2) is 5.96 Å². The quantitative estimate of drug-likeness (QED) is 0.292. The van der Waals surface area contributed by atoms with E-state index in [0.29, 0.717) is 37.4 Å². The maximum Gasteiger partial charge on any atom is 0.417 e. The van der Waals surface area contributed by atoms with Crippen molar-refractivity contribution in [1.82, 2.24) is 15.6 Å². The highest BCUT2D eigenvalue weighted by molar-refractivity contribution is 5.79. The lowest BCUT2D eigenvalue weighted by Crippen LogP contribution is -2.38. The zero-order chi connectivity index (χ0) is 21.0. The van der Waals surface area contributed by atoms with Gasteiger partial charge in [0.1, 0.15) is 5.82 Å². The SMILES string of the molecule is CN=C(NCCCNc1ccc(C(F)(F)F)cn1)NCCCOCC1CCOC1. The van der Waals surface area contributed by atoms with Gasteiger partial charge in [-0.05, 0) is 31.4 Å². The van der Waals surface area contributed by atoms with Gasteiger partial charge < -0.3 is 25.4 Å². The smallest absolute Gasteiger partial charge is 0.381 e. The number of anilines is 1. The molecule has 1 aliphatic rings. The number of halogens is 3. The van der Waals surface area contributed by atoms with Crippen molar-refractivity contribution in [3.05, 3.63) is 23.9 Å². The Balaban J connectivity index is 1.48. The summed E-state index contributed by atoms with van der Waals surface area (Å²) in [5.74, 6) is 1.66. The van der Waals surface area contributed by atoms with Crippen LogP contribution in [0.4, 0.5) is 19.0 Å². The van der Waals surface area contributed by atoms with Crippen LogP contribution in [0.25, 0.3) is 0 Å². The summed E-state index contributed by atoms with van der Waals surface area (Å²) in [5.41, 5.74) is -0.752. The van der Waals surface area contributed by atoms with Crippen LogP contribution in [-0.2, 0) is 15.7 Å². The molecule has 1 unspecified atom stereocenters. The van der Waals surface area contributed by atoms with Gasteiger partial charge in [0.25, 0.3) is 0 Å². The van der Waals surface area contributed by atoms with Gasteiger partial charge in [-0.1, -0.05) is 0 Å². The Morgan fingerprint density at radius 2 is 2.03 bits per heavy atom. The summed E-state index contributed by atoms with van der Waals surface area (Å²) >= 11 is 0. The van der Waals surface area contributed by atoms with Crippen molar-refractivity contribution in [2.24, 2.45) is 10.9 Å². The van der Waals surface area contributed by atoms with Gasteiger partial charge in [-0.2, -0.15) is 13.2 Å². The third-order valence-electron chi connectivity index (χ3n) is 4.40. The first-order chi connectivity index (χ1) is 14.0. The minimum atomic E-state index is -4.37. The molecule has 2 heterocycles. The average molecular weight is 417 g/mol. The molecule has 10 heteroatoms. The van der Waals surface area contributed by atoms with Gasteiger partial charge in [0.05, 0.1) is 18.8 Å². The van der Waals surface area contributed by atoms with Gasteiger partial charge in [0, 0.05) is 52.0 Å². The van der Waals surface area contributed by atoms with Crippen LogP contribution in [-0.4, -0.2) is 64.1 Å². The molecule has 0 aromatic carbocycles. The molecule has 7 nitrogen and oxygen atoms in total. The van der Waals surface area contributed by atoms with Crippen molar-refractivity contribution < 1.29 is 22.6 Å². The molecule has 3 N–H and O–H groups in total. The normalized spacial score (nSPS) is 17.4. The summed E-state index contributed by atoms with van der Waals surface area (Å²) in [6.45, 7) is 5.12. The van der Waals surface area contributed by atoms with E-state index >= 15 is 0 Å². The first-order valence-electron chi connectivity index (χ1n) is 9.86. The average Bonchev–Trinajstić information content (AvgIpc) is 3.22. The van der Waals surface area contributed by atoms with Gasteiger partial charge in [0.2, 0.25) is 0 Å². The molecule has 0 amide bonds. The number of rotatable bonds is 11. The molecule has 164 valence electrons. The number of aromatic nitrogens is 1. The van der Waals surface area contributed by atoms with E-state index in [4.69, 9.17) is 9.47 Å². The van der Waals surface area contributed by atoms with Crippen molar-refractivity contribution in [2.45, 2.75) is 25.4 Å². The second-order valence-electron chi connectivity index (χ2n) is 6.79. The Labute approximate surface area is 169 Å². The number of hydrogen-bond donors (Lipinski definition) is 3. The molecule has 29 heavy (non-hydrogen) atoms. The molecule has 1 aromatic rings. The summed E-state index contributed by atoms with van der Waals surface area (Å²) in [6.07, 6.45) is -0.809. The first-order valence-corrected chi connectivity index (χ1v) is 9.86. The van der Waals surface area contributed by atoms with Crippen molar-refractivity contribution in [3.63, 3.8) is 0 Å². The molecular weight excluding hydrogens is 387 g/mol. The minimum absolute atomic E-state index is 0.421. The Morgan fingerprint density at radius 1 is 1.24 bits per heavy atom. The van der Waals surface area contributed by atoms with Gasteiger partial charge in [-0.3, -0.25) is 4.99 Å². The molecule has 1 saturated heterocycles. The van der Waals surface area contributed by atoms with Crippen molar-refractivity contribution in [3.8, 4) is 0 Å². The van der Waals surface area contributed by atoms with Crippen molar-refractivity contribution in [1.29, 1.82) is 0 Å². The van der Waals surface area contributed by atoms with Crippen LogP contribution in [0, 0.1) is 5.92 Å². The molecule has 1 aromatic heterocycles. The Bertz CT molecular complexity index is 605. The topological polar surface area (TPSA) is 79.8 Å². The van der Waals surface area contributed by atoms with Crippen molar-refractivity contribution >= 4 is 11.8 Å². The van der Waals surface area contributed by atoms with Crippen LogP contribution in [0.5, 0.6) is 0 Å². The molecule has 1 fully saturated rings. The lowest BCUT2D eigenvalue weighted by Gasteiger charge is -2.13. The first kappa shape index (κ1) is 23.2. The van der Waals surface area contributed by atoms with Crippen LogP contribution in [0.2, 0.25) is 0 Å². The predicted octanol–water partition coefficient (Wildman–Crippen LogP) is 2.51. The van der Waals surface area contributed by atoms with E-state index in [0.717, 1.165) is 57.9 Å². The summed E-state index contributed by atoms with van der Waals surface area (Å²) < 4.78 is 48.5. The number of alkyl halides is 3. The third kappa shape index (κ3) is 9.31. The monoisotopic (exact) mass is 417 g/mol. The lowest BCUT2D eigenvalue weighted by atomic mass is 10.1. The number of nitrogens with zero attached hydrogens (tertiary/aromatic N) is 2. The fourth-order valence-corrected chi connectivity index (χ4v) is 2.74. The molecule has 0 aliphatic carbocycles. The third-order valence-corrected chi connectivity index (χ3v) is 4.40. The zero-order valence-electron chi connectivity index (χ0n) is 16.7. The highest BCUT2D eigenvalue weighted by Crippen LogP contribution is 2.28. The number of pyridine rings is 1. The number of aliphatic imine (C=N–C) groups is 1. The van der Waals surface area contributed by atoms with Crippen LogP contribution in [0.1, 0.15) is 24.8 Å². The van der Waals surface area contributed by atoms with E-state index < -0.39 is 11.7 Å². The van der Waals surface area contributed by atoms with Crippen molar-refractivity contribution in [2.75, 3.05) is 58.4 Å². The van der Waals surface area contributed by atoms with E-state index in [2.05, 4.69) is 25.9 Å². The second kappa shape index (κ2) is 12.5. The number of guanidine groups is 1. The Hall–Kier alpha value is -2.07. The predicted molar refractivity (Wildman–Crippen MR) is 106 cm³/mol. The zero-order valence-corrected chi connectivity index (χ0v) is 16.7. The highest BCUT2D eigenvalue weighted by atomic mass is 19.4. The molecular formula is C19H30F3N5O2. The molecule has 2 rings (SSSR count). The van der Waals surface area contributed by atoms with Crippen LogP contribution in [0.15, 0.2) is 23.3 Å². The summed E-state index contributed by atoms with van der Waals surface area (Å²) in [5, 5.41) is 9.41. The lowest BCUT2D eigenvalue weighted by molar-refractivity contribution is -0.137. The molecule has 0 bridgehead atoms.